The second-order valence-electron chi connectivity index (χ2n) is 4.28. The molecule has 0 saturated carbocycles. The number of aromatic nitrogens is 3. The lowest BCUT2D eigenvalue weighted by Crippen LogP contribution is -1.97. The molecule has 96 valence electrons. The Hall–Kier alpha value is -1.53. The van der Waals surface area contributed by atoms with Gasteiger partial charge >= 0.3 is 0 Å². The highest BCUT2D eigenvalue weighted by atomic mass is 79.9. The molecule has 0 aliphatic heterocycles. The number of hydrogen-bond acceptors (Lipinski definition) is 2. The van der Waals surface area contributed by atoms with Crippen molar-refractivity contribution < 1.29 is 4.39 Å². The Morgan fingerprint density at radius 1 is 1.32 bits per heavy atom. The van der Waals surface area contributed by atoms with E-state index in [1.807, 2.05) is 19.1 Å². The van der Waals surface area contributed by atoms with Gasteiger partial charge in [0.2, 0.25) is 0 Å². The van der Waals surface area contributed by atoms with Gasteiger partial charge in [0, 0.05) is 10.7 Å². The van der Waals surface area contributed by atoms with Crippen LogP contribution >= 0.6 is 28.1 Å². The molecule has 0 spiro atoms. The standard InChI is InChI=1S/C13H9BrFN3S/c1-7-2-9(15)5-10(3-7)18-12-11(17-13(18)19)4-8(14)6-16-12/h2-6H,1H3,(H,17,19). The van der Waals surface area contributed by atoms with Crippen molar-refractivity contribution in [1.29, 1.82) is 0 Å². The fourth-order valence-corrected chi connectivity index (χ4v) is 2.69. The lowest BCUT2D eigenvalue weighted by Gasteiger charge is -2.05. The highest BCUT2D eigenvalue weighted by molar-refractivity contribution is 9.10. The van der Waals surface area contributed by atoms with E-state index in [-0.39, 0.29) is 5.82 Å². The Kier molecular flexibility index (Phi) is 2.99. The van der Waals surface area contributed by atoms with Crippen LogP contribution in [0.1, 0.15) is 5.56 Å². The maximum Gasteiger partial charge on any atom is 0.184 e. The molecule has 3 rings (SSSR count). The van der Waals surface area contributed by atoms with Gasteiger partial charge in [0.25, 0.3) is 0 Å². The predicted molar refractivity (Wildman–Crippen MR) is 78.6 cm³/mol. The number of pyridine rings is 1. The number of nitrogens with one attached hydrogen (secondary N) is 1. The van der Waals surface area contributed by atoms with E-state index >= 15 is 0 Å². The number of nitrogens with zero attached hydrogens (tertiary/aromatic N) is 2. The fraction of sp³-hybridized carbons (Fsp3) is 0.0769. The second kappa shape index (κ2) is 4.54. The van der Waals surface area contributed by atoms with Crippen LogP contribution in [0.2, 0.25) is 0 Å². The minimum absolute atomic E-state index is 0.289. The molecular weight excluding hydrogens is 329 g/mol. The van der Waals surface area contributed by atoms with Crippen molar-refractivity contribution in [2.24, 2.45) is 0 Å². The van der Waals surface area contributed by atoms with Gasteiger partial charge in [-0.1, -0.05) is 0 Å². The number of halogens is 2. The summed E-state index contributed by atoms with van der Waals surface area (Å²) in [4.78, 5) is 7.40. The normalized spacial score (nSPS) is 11.1. The van der Waals surface area contributed by atoms with Crippen molar-refractivity contribution in [1.82, 2.24) is 14.5 Å². The molecule has 0 fully saturated rings. The van der Waals surface area contributed by atoms with Gasteiger partial charge in [-0.05, 0) is 64.9 Å². The van der Waals surface area contributed by atoms with Crippen LogP contribution in [0, 0.1) is 17.5 Å². The number of benzene rings is 1. The summed E-state index contributed by atoms with van der Waals surface area (Å²) in [5, 5.41) is 0. The first-order valence-electron chi connectivity index (χ1n) is 5.58. The molecule has 0 amide bonds. The first-order chi connectivity index (χ1) is 9.04. The Morgan fingerprint density at radius 2 is 2.11 bits per heavy atom. The zero-order valence-corrected chi connectivity index (χ0v) is 12.3. The number of fused-ring (bicyclic) bond motifs is 1. The summed E-state index contributed by atoms with van der Waals surface area (Å²) in [6.45, 7) is 1.84. The number of imidazole rings is 1. The Labute approximate surface area is 122 Å². The van der Waals surface area contributed by atoms with Crippen LogP contribution in [0.3, 0.4) is 0 Å². The molecule has 19 heavy (non-hydrogen) atoms. The van der Waals surface area contributed by atoms with Gasteiger partial charge < -0.3 is 4.98 Å². The van der Waals surface area contributed by atoms with Gasteiger partial charge in [0.15, 0.2) is 10.4 Å². The molecule has 0 saturated heterocycles. The van der Waals surface area contributed by atoms with Crippen molar-refractivity contribution in [2.45, 2.75) is 6.92 Å². The van der Waals surface area contributed by atoms with Gasteiger partial charge in [0.1, 0.15) is 5.82 Å². The second-order valence-corrected chi connectivity index (χ2v) is 5.58. The number of H-pyrrole nitrogens is 1. The molecule has 2 heterocycles. The summed E-state index contributed by atoms with van der Waals surface area (Å²) >= 11 is 8.65. The minimum Gasteiger partial charge on any atom is -0.329 e. The molecule has 0 bridgehead atoms. The topological polar surface area (TPSA) is 33.6 Å². The van der Waals surface area contributed by atoms with E-state index in [4.69, 9.17) is 12.2 Å². The van der Waals surface area contributed by atoms with Crippen molar-refractivity contribution in [3.05, 3.63) is 51.1 Å². The van der Waals surface area contributed by atoms with Crippen molar-refractivity contribution in [3.63, 3.8) is 0 Å². The number of aryl methyl sites for hydroxylation is 1. The van der Waals surface area contributed by atoms with Crippen LogP contribution in [-0.4, -0.2) is 14.5 Å². The lowest BCUT2D eigenvalue weighted by molar-refractivity contribution is 0.625. The lowest BCUT2D eigenvalue weighted by atomic mass is 10.2. The van der Waals surface area contributed by atoms with Gasteiger partial charge in [0.05, 0.1) is 11.2 Å². The third-order valence-corrected chi connectivity index (χ3v) is 3.49. The van der Waals surface area contributed by atoms with E-state index in [0.29, 0.717) is 16.1 Å². The summed E-state index contributed by atoms with van der Waals surface area (Å²) in [7, 11) is 0. The highest BCUT2D eigenvalue weighted by Gasteiger charge is 2.09. The summed E-state index contributed by atoms with van der Waals surface area (Å²) in [6.07, 6.45) is 1.69. The molecule has 0 radical (unpaired) electrons. The highest BCUT2D eigenvalue weighted by Crippen LogP contribution is 2.22. The molecule has 0 aliphatic carbocycles. The number of hydrogen-bond donors (Lipinski definition) is 1. The Bertz CT molecular complexity index is 817. The van der Waals surface area contributed by atoms with E-state index in [2.05, 4.69) is 25.9 Å². The SMILES string of the molecule is Cc1cc(F)cc(-n2c(=S)[nH]c3cc(Br)cnc32)c1. The van der Waals surface area contributed by atoms with E-state index in [9.17, 15) is 4.39 Å². The maximum absolute atomic E-state index is 13.5. The molecule has 3 aromatic rings. The zero-order valence-electron chi connectivity index (χ0n) is 9.95. The van der Waals surface area contributed by atoms with Crippen molar-refractivity contribution in [2.75, 3.05) is 0 Å². The predicted octanol–water partition coefficient (Wildman–Crippen LogP) is 4.29. The van der Waals surface area contributed by atoms with Crippen LogP contribution in [0.5, 0.6) is 0 Å². The minimum atomic E-state index is -0.289. The first kappa shape index (κ1) is 12.5. The van der Waals surface area contributed by atoms with Crippen LogP contribution < -0.4 is 0 Å². The van der Waals surface area contributed by atoms with Crippen molar-refractivity contribution >= 4 is 39.3 Å². The third kappa shape index (κ3) is 2.21. The van der Waals surface area contributed by atoms with Gasteiger partial charge in [-0.15, -0.1) is 0 Å². The maximum atomic E-state index is 13.5. The fourth-order valence-electron chi connectivity index (χ4n) is 2.06. The van der Waals surface area contributed by atoms with Gasteiger partial charge in [-0.25, -0.2) is 9.37 Å². The summed E-state index contributed by atoms with van der Waals surface area (Å²) < 4.78 is 16.6. The molecule has 1 aromatic carbocycles. The summed E-state index contributed by atoms with van der Waals surface area (Å²) in [5.74, 6) is -0.289. The Balaban J connectivity index is 2.36. The van der Waals surface area contributed by atoms with E-state index in [1.54, 1.807) is 10.8 Å². The van der Waals surface area contributed by atoms with Gasteiger partial charge in [-0.3, -0.25) is 4.57 Å². The van der Waals surface area contributed by atoms with Gasteiger partial charge in [-0.2, -0.15) is 0 Å². The van der Waals surface area contributed by atoms with Crippen molar-refractivity contribution in [3.8, 4) is 5.69 Å². The van der Waals surface area contributed by atoms with E-state index in [0.717, 1.165) is 15.6 Å². The van der Waals surface area contributed by atoms with Crippen LogP contribution in [0.25, 0.3) is 16.9 Å². The van der Waals surface area contributed by atoms with E-state index < -0.39 is 0 Å². The first-order valence-corrected chi connectivity index (χ1v) is 6.78. The molecular formula is C13H9BrFN3S. The molecule has 3 nitrogen and oxygen atoms in total. The Morgan fingerprint density at radius 3 is 2.84 bits per heavy atom. The molecule has 1 N–H and O–H groups in total. The average Bonchev–Trinajstić information content (AvgIpc) is 2.62. The number of aromatic amines is 1. The molecule has 0 unspecified atom stereocenters. The summed E-state index contributed by atoms with van der Waals surface area (Å²) in [5.41, 5.74) is 2.99. The summed E-state index contributed by atoms with van der Waals surface area (Å²) in [6, 6.07) is 6.68. The largest absolute Gasteiger partial charge is 0.329 e. The molecule has 0 atom stereocenters. The molecule has 6 heteroatoms. The van der Waals surface area contributed by atoms with Crippen LogP contribution in [0.15, 0.2) is 34.9 Å². The van der Waals surface area contributed by atoms with Crippen LogP contribution in [-0.2, 0) is 0 Å². The monoisotopic (exact) mass is 337 g/mol. The third-order valence-electron chi connectivity index (χ3n) is 2.77. The number of rotatable bonds is 1. The average molecular weight is 338 g/mol. The molecule has 0 aliphatic rings. The van der Waals surface area contributed by atoms with E-state index in [1.165, 1.54) is 12.1 Å². The smallest absolute Gasteiger partial charge is 0.184 e. The van der Waals surface area contributed by atoms with Crippen LogP contribution in [0.4, 0.5) is 4.39 Å². The zero-order chi connectivity index (χ0) is 13.6. The molecule has 2 aromatic heterocycles. The quantitative estimate of drug-likeness (QED) is 0.672.